The minimum absolute atomic E-state index is 0.0219. The van der Waals surface area contributed by atoms with Crippen molar-refractivity contribution in [3.8, 4) is 0 Å². The SMILES string of the molecule is CN(C(=O)OC(C)(C)C)C(C)(C)c1ccc(S(=O)(=O)Cl)cc1. The lowest BCUT2D eigenvalue weighted by molar-refractivity contribution is 0.0104. The van der Waals surface area contributed by atoms with E-state index in [1.54, 1.807) is 40.0 Å². The van der Waals surface area contributed by atoms with Crippen molar-refractivity contribution in [2.45, 2.75) is 50.7 Å². The van der Waals surface area contributed by atoms with Crippen molar-refractivity contribution in [3.05, 3.63) is 29.8 Å². The van der Waals surface area contributed by atoms with Crippen LogP contribution in [-0.4, -0.2) is 32.1 Å². The lowest BCUT2D eigenvalue weighted by Crippen LogP contribution is -2.45. The predicted octanol–water partition coefficient (Wildman–Crippen LogP) is 3.72. The number of carbonyl (C=O) groups excluding carboxylic acids is 1. The quantitative estimate of drug-likeness (QED) is 0.782. The maximum atomic E-state index is 12.2. The Hall–Kier alpha value is -1.27. The zero-order chi connectivity index (χ0) is 17.3. The highest BCUT2D eigenvalue weighted by atomic mass is 35.7. The normalized spacial score (nSPS) is 12.9. The van der Waals surface area contributed by atoms with Crippen LogP contribution in [0.15, 0.2) is 29.2 Å². The van der Waals surface area contributed by atoms with Crippen LogP contribution in [0.1, 0.15) is 40.2 Å². The van der Waals surface area contributed by atoms with E-state index < -0.39 is 26.3 Å². The van der Waals surface area contributed by atoms with Crippen molar-refractivity contribution in [2.24, 2.45) is 0 Å². The van der Waals surface area contributed by atoms with Gasteiger partial charge >= 0.3 is 6.09 Å². The lowest BCUT2D eigenvalue weighted by Gasteiger charge is -2.37. The molecule has 5 nitrogen and oxygen atoms in total. The number of hydrogen-bond donors (Lipinski definition) is 0. The van der Waals surface area contributed by atoms with Gasteiger partial charge in [-0.2, -0.15) is 0 Å². The molecule has 0 spiro atoms. The molecule has 1 amide bonds. The molecule has 0 bridgehead atoms. The van der Waals surface area contributed by atoms with Gasteiger partial charge in [-0.05, 0) is 52.3 Å². The second-order valence-electron chi connectivity index (χ2n) is 6.56. The Bertz CT molecular complexity index is 645. The first kappa shape index (κ1) is 18.8. The molecule has 0 heterocycles. The van der Waals surface area contributed by atoms with Gasteiger partial charge < -0.3 is 9.64 Å². The zero-order valence-corrected chi connectivity index (χ0v) is 15.2. The van der Waals surface area contributed by atoms with Gasteiger partial charge in [0.1, 0.15) is 5.60 Å². The van der Waals surface area contributed by atoms with Crippen molar-refractivity contribution in [3.63, 3.8) is 0 Å². The number of carbonyl (C=O) groups is 1. The average molecular weight is 348 g/mol. The number of ether oxygens (including phenoxy) is 1. The molecule has 1 aromatic rings. The molecule has 0 fully saturated rings. The first-order chi connectivity index (χ1) is 9.75. The lowest BCUT2D eigenvalue weighted by atomic mass is 9.93. The molecule has 0 unspecified atom stereocenters. The Morgan fingerprint density at radius 2 is 1.55 bits per heavy atom. The minimum atomic E-state index is -3.76. The molecule has 0 saturated carbocycles. The standard InChI is InChI=1S/C15H22ClNO4S/c1-14(2,3)21-13(18)17(6)15(4,5)11-7-9-12(10-8-11)22(16,19)20/h7-10H,1-6H3. The van der Waals surface area contributed by atoms with Crippen LogP contribution in [-0.2, 0) is 19.3 Å². The van der Waals surface area contributed by atoms with Crippen molar-refractivity contribution >= 4 is 25.8 Å². The first-order valence-electron chi connectivity index (χ1n) is 6.77. The van der Waals surface area contributed by atoms with E-state index in [0.717, 1.165) is 5.56 Å². The average Bonchev–Trinajstić information content (AvgIpc) is 2.34. The molecule has 124 valence electrons. The molecular weight excluding hydrogens is 326 g/mol. The molecule has 1 rings (SSSR count). The summed E-state index contributed by atoms with van der Waals surface area (Å²) >= 11 is 0. The summed E-state index contributed by atoms with van der Waals surface area (Å²) in [5, 5.41) is 0. The third-order valence-corrected chi connectivity index (χ3v) is 4.72. The van der Waals surface area contributed by atoms with Gasteiger partial charge in [-0.1, -0.05) is 12.1 Å². The maximum Gasteiger partial charge on any atom is 0.410 e. The van der Waals surface area contributed by atoms with Gasteiger partial charge in [0.2, 0.25) is 0 Å². The van der Waals surface area contributed by atoms with Crippen LogP contribution in [0, 0.1) is 0 Å². The number of hydrogen-bond acceptors (Lipinski definition) is 4. The van der Waals surface area contributed by atoms with E-state index in [9.17, 15) is 13.2 Å². The molecular formula is C15H22ClNO4S. The van der Waals surface area contributed by atoms with Gasteiger partial charge in [-0.15, -0.1) is 0 Å². The van der Waals surface area contributed by atoms with Crippen LogP contribution >= 0.6 is 10.7 Å². The fourth-order valence-electron chi connectivity index (χ4n) is 1.78. The highest BCUT2D eigenvalue weighted by molar-refractivity contribution is 8.13. The summed E-state index contributed by atoms with van der Waals surface area (Å²) in [5.74, 6) is 0. The number of rotatable bonds is 3. The van der Waals surface area contributed by atoms with Crippen LogP contribution in [0.3, 0.4) is 0 Å². The highest BCUT2D eigenvalue weighted by Gasteiger charge is 2.32. The molecule has 0 aromatic heterocycles. The van der Waals surface area contributed by atoms with E-state index in [1.165, 1.54) is 17.0 Å². The summed E-state index contributed by atoms with van der Waals surface area (Å²) in [6.07, 6.45) is -0.452. The van der Waals surface area contributed by atoms with E-state index in [4.69, 9.17) is 15.4 Å². The van der Waals surface area contributed by atoms with E-state index in [-0.39, 0.29) is 4.90 Å². The molecule has 0 aliphatic heterocycles. The minimum Gasteiger partial charge on any atom is -0.444 e. The molecule has 0 aliphatic rings. The number of amides is 1. The van der Waals surface area contributed by atoms with Crippen molar-refractivity contribution in [1.82, 2.24) is 4.90 Å². The summed E-state index contributed by atoms with van der Waals surface area (Å²) in [7, 11) is 3.18. The smallest absolute Gasteiger partial charge is 0.410 e. The van der Waals surface area contributed by atoms with Crippen LogP contribution < -0.4 is 0 Å². The molecule has 7 heteroatoms. The van der Waals surface area contributed by atoms with Gasteiger partial charge in [-0.25, -0.2) is 13.2 Å². The molecule has 0 aliphatic carbocycles. The Balaban J connectivity index is 3.05. The monoisotopic (exact) mass is 347 g/mol. The van der Waals surface area contributed by atoms with Crippen LogP contribution in [0.4, 0.5) is 4.79 Å². The van der Waals surface area contributed by atoms with Gasteiger partial charge in [0.05, 0.1) is 10.4 Å². The third-order valence-electron chi connectivity index (χ3n) is 3.35. The van der Waals surface area contributed by atoms with E-state index in [1.807, 2.05) is 13.8 Å². The largest absolute Gasteiger partial charge is 0.444 e. The fourth-order valence-corrected chi connectivity index (χ4v) is 2.55. The zero-order valence-electron chi connectivity index (χ0n) is 13.7. The summed E-state index contributed by atoms with van der Waals surface area (Å²) in [6.45, 7) is 9.09. The van der Waals surface area contributed by atoms with Gasteiger partial charge in [0.25, 0.3) is 9.05 Å². The topological polar surface area (TPSA) is 63.7 Å². The van der Waals surface area contributed by atoms with Crippen molar-refractivity contribution in [1.29, 1.82) is 0 Å². The van der Waals surface area contributed by atoms with Crippen LogP contribution in [0.25, 0.3) is 0 Å². The third kappa shape index (κ3) is 4.61. The number of benzene rings is 1. The van der Waals surface area contributed by atoms with Gasteiger partial charge in [0, 0.05) is 17.7 Å². The van der Waals surface area contributed by atoms with Crippen LogP contribution in [0.5, 0.6) is 0 Å². The summed E-state index contributed by atoms with van der Waals surface area (Å²) in [5.41, 5.74) is -0.487. The molecule has 22 heavy (non-hydrogen) atoms. The maximum absolute atomic E-state index is 12.2. The Morgan fingerprint density at radius 3 is 1.91 bits per heavy atom. The second-order valence-corrected chi connectivity index (χ2v) is 9.13. The number of nitrogens with zero attached hydrogens (tertiary/aromatic N) is 1. The fraction of sp³-hybridized carbons (Fsp3) is 0.533. The van der Waals surface area contributed by atoms with Crippen molar-refractivity contribution in [2.75, 3.05) is 7.05 Å². The molecule has 0 N–H and O–H groups in total. The van der Waals surface area contributed by atoms with E-state index >= 15 is 0 Å². The Morgan fingerprint density at radius 1 is 1.09 bits per heavy atom. The first-order valence-corrected chi connectivity index (χ1v) is 9.08. The molecule has 1 aromatic carbocycles. The van der Waals surface area contributed by atoms with Crippen LogP contribution in [0.2, 0.25) is 0 Å². The van der Waals surface area contributed by atoms with E-state index in [2.05, 4.69) is 0 Å². The Labute approximate surface area is 136 Å². The van der Waals surface area contributed by atoms with E-state index in [0.29, 0.717) is 0 Å². The van der Waals surface area contributed by atoms with Gasteiger partial charge in [0.15, 0.2) is 0 Å². The molecule has 0 atom stereocenters. The predicted molar refractivity (Wildman–Crippen MR) is 86.5 cm³/mol. The summed E-state index contributed by atoms with van der Waals surface area (Å²) in [6, 6.07) is 6.11. The van der Waals surface area contributed by atoms with Crippen molar-refractivity contribution < 1.29 is 17.9 Å². The Kier molecular flexibility index (Phi) is 5.19. The summed E-state index contributed by atoms with van der Waals surface area (Å²) < 4.78 is 27.9. The number of halogens is 1. The molecule has 0 saturated heterocycles. The second kappa shape index (κ2) is 6.08. The summed E-state index contributed by atoms with van der Waals surface area (Å²) in [4.78, 5) is 13.7. The van der Waals surface area contributed by atoms with Gasteiger partial charge in [-0.3, -0.25) is 0 Å². The molecule has 0 radical (unpaired) electrons. The highest BCUT2D eigenvalue weighted by Crippen LogP contribution is 2.29.